The Morgan fingerprint density at radius 3 is 2.81 bits per heavy atom. The zero-order chi connectivity index (χ0) is 18.3. The lowest BCUT2D eigenvalue weighted by molar-refractivity contribution is -0.129. The van der Waals surface area contributed by atoms with Crippen molar-refractivity contribution in [3.05, 3.63) is 53.4 Å². The first-order valence-corrected chi connectivity index (χ1v) is 8.64. The Bertz CT molecular complexity index is 997. The summed E-state index contributed by atoms with van der Waals surface area (Å²) in [6, 6.07) is 12.2. The minimum Gasteiger partial charge on any atom is -0.441 e. The van der Waals surface area contributed by atoms with E-state index in [2.05, 4.69) is 10.3 Å². The van der Waals surface area contributed by atoms with E-state index in [9.17, 15) is 9.59 Å². The number of carbonyl (C=O) groups excluding carboxylic acids is 2. The summed E-state index contributed by atoms with van der Waals surface area (Å²) in [5, 5.41) is 3.41. The third-order valence-corrected chi connectivity index (χ3v) is 4.67. The van der Waals surface area contributed by atoms with Gasteiger partial charge in [0, 0.05) is 29.9 Å². The number of anilines is 2. The van der Waals surface area contributed by atoms with E-state index in [4.69, 9.17) is 16.0 Å². The molecule has 1 fully saturated rings. The van der Waals surface area contributed by atoms with E-state index in [0.29, 0.717) is 40.7 Å². The van der Waals surface area contributed by atoms with Gasteiger partial charge in [0.1, 0.15) is 11.4 Å². The van der Waals surface area contributed by atoms with Gasteiger partial charge in [0.15, 0.2) is 11.5 Å². The number of nitrogens with zero attached hydrogens (tertiary/aromatic N) is 2. The number of hydrogen-bond acceptors (Lipinski definition) is 4. The number of carbonyl (C=O) groups is 2. The minimum absolute atomic E-state index is 0.205. The summed E-state index contributed by atoms with van der Waals surface area (Å²) in [5.41, 5.74) is 2.66. The molecule has 0 saturated carbocycles. The van der Waals surface area contributed by atoms with Crippen LogP contribution >= 0.6 is 11.6 Å². The van der Waals surface area contributed by atoms with Crippen molar-refractivity contribution < 1.29 is 14.0 Å². The summed E-state index contributed by atoms with van der Waals surface area (Å²) in [5.74, 6) is -0.664. The molecule has 0 bridgehead atoms. The molecule has 3 aromatic rings. The van der Waals surface area contributed by atoms with E-state index >= 15 is 0 Å². The number of rotatable bonds is 3. The highest BCUT2D eigenvalue weighted by Gasteiger charge is 2.37. The number of oxazole rings is 1. The molecular formula is C19H16ClN3O3. The third kappa shape index (κ3) is 3.04. The molecule has 0 aliphatic carbocycles. The fourth-order valence-electron chi connectivity index (χ4n) is 3.15. The lowest BCUT2D eigenvalue weighted by atomic mass is 10.1. The van der Waals surface area contributed by atoms with Gasteiger partial charge in [-0.15, -0.1) is 0 Å². The molecule has 2 amide bonds. The molecule has 7 heteroatoms. The molecule has 1 aliphatic rings. The van der Waals surface area contributed by atoms with Crippen molar-refractivity contribution >= 4 is 45.9 Å². The van der Waals surface area contributed by atoms with Crippen LogP contribution in [-0.2, 0) is 9.59 Å². The van der Waals surface area contributed by atoms with Crippen molar-refractivity contribution in [1.82, 2.24) is 4.98 Å². The second-order valence-electron chi connectivity index (χ2n) is 6.21. The molecule has 1 atom stereocenters. The molecule has 26 heavy (non-hydrogen) atoms. The molecule has 4 rings (SSSR count). The summed E-state index contributed by atoms with van der Waals surface area (Å²) < 4.78 is 5.42. The Balaban J connectivity index is 1.49. The van der Waals surface area contributed by atoms with Crippen molar-refractivity contribution in [3.8, 4) is 0 Å². The maximum atomic E-state index is 12.6. The topological polar surface area (TPSA) is 75.4 Å². The minimum atomic E-state index is -0.708. The predicted molar refractivity (Wildman–Crippen MR) is 99.3 cm³/mol. The summed E-state index contributed by atoms with van der Waals surface area (Å²) in [4.78, 5) is 31.1. The van der Waals surface area contributed by atoms with Gasteiger partial charge in [0.05, 0.1) is 0 Å². The Morgan fingerprint density at radius 2 is 2.04 bits per heavy atom. The van der Waals surface area contributed by atoms with Crippen LogP contribution in [0.4, 0.5) is 11.4 Å². The zero-order valence-electron chi connectivity index (χ0n) is 14.0. The molecule has 0 radical (unpaired) electrons. The van der Waals surface area contributed by atoms with Crippen LogP contribution in [0.5, 0.6) is 0 Å². The molecule has 2 aromatic carbocycles. The van der Waals surface area contributed by atoms with Crippen molar-refractivity contribution in [3.63, 3.8) is 0 Å². The lowest BCUT2D eigenvalue weighted by Gasteiger charge is -2.16. The van der Waals surface area contributed by atoms with Gasteiger partial charge in [0.2, 0.25) is 11.8 Å². The summed E-state index contributed by atoms with van der Waals surface area (Å²) >= 11 is 5.89. The fraction of sp³-hybridized carbons (Fsp3) is 0.211. The van der Waals surface area contributed by atoms with Gasteiger partial charge in [-0.3, -0.25) is 9.59 Å². The van der Waals surface area contributed by atoms with Crippen molar-refractivity contribution in [1.29, 1.82) is 0 Å². The van der Waals surface area contributed by atoms with Gasteiger partial charge in [-0.05, 0) is 48.9 Å². The van der Waals surface area contributed by atoms with Crippen molar-refractivity contribution in [2.45, 2.75) is 13.3 Å². The number of aryl methyl sites for hydroxylation is 1. The Labute approximate surface area is 154 Å². The van der Waals surface area contributed by atoms with Gasteiger partial charge >= 0.3 is 0 Å². The third-order valence-electron chi connectivity index (χ3n) is 4.42. The van der Waals surface area contributed by atoms with Crippen LogP contribution in [0.1, 0.15) is 12.3 Å². The quantitative estimate of drug-likeness (QED) is 0.713. The van der Waals surface area contributed by atoms with Crippen LogP contribution in [0, 0.1) is 12.8 Å². The molecular weight excluding hydrogens is 354 g/mol. The van der Waals surface area contributed by atoms with Crippen LogP contribution in [0.15, 0.2) is 46.9 Å². The van der Waals surface area contributed by atoms with Crippen LogP contribution in [0.3, 0.4) is 0 Å². The molecule has 6 nitrogen and oxygen atoms in total. The molecule has 0 spiro atoms. The van der Waals surface area contributed by atoms with Gasteiger partial charge in [0.25, 0.3) is 0 Å². The molecule has 1 saturated heterocycles. The molecule has 132 valence electrons. The smallest absolute Gasteiger partial charge is 0.239 e. The number of hydrogen-bond donors (Lipinski definition) is 1. The second kappa shape index (κ2) is 6.46. The fourth-order valence-corrected chi connectivity index (χ4v) is 3.28. The van der Waals surface area contributed by atoms with E-state index in [0.717, 1.165) is 5.69 Å². The Kier molecular flexibility index (Phi) is 4.12. The first-order valence-electron chi connectivity index (χ1n) is 8.26. The van der Waals surface area contributed by atoms with E-state index < -0.39 is 5.92 Å². The maximum absolute atomic E-state index is 12.6. The summed E-state index contributed by atoms with van der Waals surface area (Å²) in [6.45, 7) is 2.26. The average molecular weight is 370 g/mol. The number of aromatic nitrogens is 1. The summed E-state index contributed by atoms with van der Waals surface area (Å²) in [7, 11) is 0. The highest BCUT2D eigenvalue weighted by molar-refractivity contribution is 6.30. The number of nitrogens with one attached hydrogen (secondary N) is 1. The zero-order valence-corrected chi connectivity index (χ0v) is 14.8. The number of benzene rings is 2. The molecule has 1 N–H and O–H groups in total. The number of fused-ring (bicyclic) bond motifs is 1. The van der Waals surface area contributed by atoms with Gasteiger partial charge in [-0.1, -0.05) is 11.6 Å². The maximum Gasteiger partial charge on any atom is 0.239 e. The lowest BCUT2D eigenvalue weighted by Crippen LogP contribution is -2.33. The highest BCUT2D eigenvalue weighted by atomic mass is 35.5. The van der Waals surface area contributed by atoms with Crippen molar-refractivity contribution in [2.75, 3.05) is 16.8 Å². The van der Waals surface area contributed by atoms with Crippen molar-refractivity contribution in [2.24, 2.45) is 5.92 Å². The predicted octanol–water partition coefficient (Wildman–Crippen LogP) is 3.78. The van der Waals surface area contributed by atoms with Crippen LogP contribution in [0.25, 0.3) is 11.1 Å². The average Bonchev–Trinajstić information content (AvgIpc) is 3.17. The Hall–Kier alpha value is -2.86. The van der Waals surface area contributed by atoms with E-state index in [1.807, 2.05) is 0 Å². The van der Waals surface area contributed by atoms with Crippen LogP contribution in [0.2, 0.25) is 5.02 Å². The normalized spacial score (nSPS) is 17.1. The molecule has 1 unspecified atom stereocenters. The van der Waals surface area contributed by atoms with Crippen LogP contribution in [-0.4, -0.2) is 23.3 Å². The standard InChI is InChI=1S/C19H16ClN3O3/c1-11-21-16-10-13(4-7-17(16)26-11)22-18(24)15-8-9-23(19(15)25)14-5-2-12(20)3-6-14/h2-7,10,15H,8-9H2,1H3,(H,22,24). The molecule has 1 aromatic heterocycles. The summed E-state index contributed by atoms with van der Waals surface area (Å²) in [6.07, 6.45) is 0.471. The first kappa shape index (κ1) is 16.6. The number of halogens is 1. The first-order chi connectivity index (χ1) is 12.5. The number of amides is 2. The second-order valence-corrected chi connectivity index (χ2v) is 6.65. The van der Waals surface area contributed by atoms with E-state index in [-0.39, 0.29) is 11.8 Å². The van der Waals surface area contributed by atoms with Gasteiger partial charge < -0.3 is 14.6 Å². The molecule has 2 heterocycles. The molecule has 1 aliphatic heterocycles. The Morgan fingerprint density at radius 1 is 1.27 bits per heavy atom. The van der Waals surface area contributed by atoms with Gasteiger partial charge in [-0.25, -0.2) is 4.98 Å². The van der Waals surface area contributed by atoms with E-state index in [1.165, 1.54) is 0 Å². The monoisotopic (exact) mass is 369 g/mol. The largest absolute Gasteiger partial charge is 0.441 e. The van der Waals surface area contributed by atoms with Gasteiger partial charge in [-0.2, -0.15) is 0 Å². The SMILES string of the molecule is Cc1nc2cc(NC(=O)C3CCN(c4ccc(Cl)cc4)C3=O)ccc2o1. The highest BCUT2D eigenvalue weighted by Crippen LogP contribution is 2.28. The van der Waals surface area contributed by atoms with Crippen LogP contribution < -0.4 is 10.2 Å². The van der Waals surface area contributed by atoms with E-state index in [1.54, 1.807) is 54.3 Å².